The number of nitrogens with one attached hydrogen (secondary N) is 1. The van der Waals surface area contributed by atoms with Gasteiger partial charge in [-0.2, -0.15) is 0 Å². The summed E-state index contributed by atoms with van der Waals surface area (Å²) in [5.74, 6) is 0. The van der Waals surface area contributed by atoms with Crippen molar-refractivity contribution in [2.24, 2.45) is 0 Å². The fourth-order valence-corrected chi connectivity index (χ4v) is 1.79. The number of nitrogens with zero attached hydrogens (tertiary/aromatic N) is 1. The molecule has 0 unspecified atom stereocenters. The summed E-state index contributed by atoms with van der Waals surface area (Å²) < 4.78 is 1.91. The fourth-order valence-electron chi connectivity index (χ4n) is 1.79. The Morgan fingerprint density at radius 3 is 2.56 bits per heavy atom. The topological polar surface area (TPSA) is 37.8 Å². The van der Waals surface area contributed by atoms with Crippen molar-refractivity contribution in [3.63, 3.8) is 0 Å². The molecule has 84 valence electrons. The lowest BCUT2D eigenvalue weighted by molar-refractivity contribution is 0.604. The van der Waals surface area contributed by atoms with E-state index >= 15 is 0 Å². The van der Waals surface area contributed by atoms with Gasteiger partial charge >= 0.3 is 0 Å². The van der Waals surface area contributed by atoms with Crippen LogP contribution in [0.1, 0.15) is 18.9 Å². The molecule has 3 heteroatoms. The first-order valence-corrected chi connectivity index (χ1v) is 5.57. The van der Waals surface area contributed by atoms with Gasteiger partial charge in [-0.25, -0.2) is 0 Å². The lowest BCUT2D eigenvalue weighted by Crippen LogP contribution is -2.05. The second-order valence-corrected chi connectivity index (χ2v) is 4.02. The van der Waals surface area contributed by atoms with Gasteiger partial charge in [-0.05, 0) is 18.9 Å². The Hall–Kier alpha value is -1.77. The van der Waals surface area contributed by atoms with Crippen LogP contribution >= 0.6 is 0 Å². The van der Waals surface area contributed by atoms with Crippen LogP contribution in [0.15, 0.2) is 35.1 Å². The smallest absolute Gasteiger partial charge is 0.264 e. The van der Waals surface area contributed by atoms with Crippen LogP contribution in [-0.2, 0) is 6.54 Å². The maximum absolute atomic E-state index is 11.3. The summed E-state index contributed by atoms with van der Waals surface area (Å²) in [7, 11) is 0. The summed E-state index contributed by atoms with van der Waals surface area (Å²) in [6.07, 6.45) is 1.00. The number of aryl methyl sites for hydroxylation is 2. The van der Waals surface area contributed by atoms with Crippen molar-refractivity contribution in [2.75, 3.05) is 0 Å². The molecule has 16 heavy (non-hydrogen) atoms. The highest BCUT2D eigenvalue weighted by molar-refractivity contribution is 5.59. The molecular formula is C13H16N2O. The highest BCUT2D eigenvalue weighted by atomic mass is 16.1. The van der Waals surface area contributed by atoms with Crippen LogP contribution in [0.2, 0.25) is 0 Å². The Morgan fingerprint density at radius 1 is 1.25 bits per heavy atom. The maximum Gasteiger partial charge on any atom is 0.264 e. The second kappa shape index (κ2) is 4.39. The normalized spacial score (nSPS) is 10.6. The fraction of sp³-hybridized carbons (Fsp3) is 0.308. The molecule has 1 heterocycles. The summed E-state index contributed by atoms with van der Waals surface area (Å²) >= 11 is 0. The van der Waals surface area contributed by atoms with Crippen LogP contribution in [0.25, 0.3) is 11.3 Å². The van der Waals surface area contributed by atoms with E-state index in [9.17, 15) is 4.79 Å². The number of rotatable bonds is 3. The summed E-state index contributed by atoms with van der Waals surface area (Å²) in [5.41, 5.74) is 3.23. The third-order valence-electron chi connectivity index (χ3n) is 2.60. The average molecular weight is 216 g/mol. The van der Waals surface area contributed by atoms with Gasteiger partial charge in [0.05, 0.1) is 5.69 Å². The molecule has 0 atom stereocenters. The molecule has 0 aliphatic carbocycles. The molecule has 0 radical (unpaired) electrons. The first kappa shape index (κ1) is 10.7. The quantitative estimate of drug-likeness (QED) is 0.841. The largest absolute Gasteiger partial charge is 0.285 e. The molecule has 0 aliphatic rings. The third kappa shape index (κ3) is 2.08. The van der Waals surface area contributed by atoms with Crippen LogP contribution in [-0.4, -0.2) is 9.78 Å². The van der Waals surface area contributed by atoms with Crippen LogP contribution in [0.4, 0.5) is 0 Å². The standard InChI is InChI=1S/C13H16N2O/c1-3-8-15-12(9-13(16)14-15)11-6-4-10(2)5-7-11/h4-7,9H,3,8H2,1-2H3,(H,14,16). The van der Waals surface area contributed by atoms with E-state index in [1.54, 1.807) is 6.07 Å². The molecule has 1 aromatic heterocycles. The average Bonchev–Trinajstić information content (AvgIpc) is 2.61. The first-order chi connectivity index (χ1) is 7.70. The molecule has 2 aromatic rings. The van der Waals surface area contributed by atoms with Crippen molar-refractivity contribution in [1.29, 1.82) is 0 Å². The summed E-state index contributed by atoms with van der Waals surface area (Å²) in [5, 5.41) is 2.82. The van der Waals surface area contributed by atoms with Crippen molar-refractivity contribution in [3.8, 4) is 11.3 Å². The minimum absolute atomic E-state index is 0.0379. The van der Waals surface area contributed by atoms with Gasteiger partial charge in [0.15, 0.2) is 0 Å². The molecule has 0 saturated carbocycles. The van der Waals surface area contributed by atoms with E-state index in [1.807, 2.05) is 16.8 Å². The number of aromatic amines is 1. The third-order valence-corrected chi connectivity index (χ3v) is 2.60. The Labute approximate surface area is 94.7 Å². The molecule has 3 nitrogen and oxygen atoms in total. The predicted molar refractivity (Wildman–Crippen MR) is 65.5 cm³/mol. The van der Waals surface area contributed by atoms with E-state index in [1.165, 1.54) is 5.56 Å². The lowest BCUT2D eigenvalue weighted by atomic mass is 10.1. The zero-order chi connectivity index (χ0) is 11.5. The lowest BCUT2D eigenvalue weighted by Gasteiger charge is -2.06. The molecule has 0 saturated heterocycles. The van der Waals surface area contributed by atoms with E-state index in [0.29, 0.717) is 0 Å². The molecule has 0 fully saturated rings. The summed E-state index contributed by atoms with van der Waals surface area (Å²) in [6.45, 7) is 4.99. The summed E-state index contributed by atoms with van der Waals surface area (Å²) in [6, 6.07) is 9.86. The number of benzene rings is 1. The number of H-pyrrole nitrogens is 1. The molecule has 1 N–H and O–H groups in total. The van der Waals surface area contributed by atoms with E-state index in [2.05, 4.69) is 31.1 Å². The summed E-state index contributed by atoms with van der Waals surface area (Å²) in [4.78, 5) is 11.3. The number of aromatic nitrogens is 2. The number of hydrogen-bond donors (Lipinski definition) is 1. The van der Waals surface area contributed by atoms with Gasteiger partial charge in [-0.1, -0.05) is 36.8 Å². The molecule has 0 amide bonds. The van der Waals surface area contributed by atoms with Crippen LogP contribution in [0.5, 0.6) is 0 Å². The number of hydrogen-bond acceptors (Lipinski definition) is 1. The van der Waals surface area contributed by atoms with Crippen LogP contribution in [0.3, 0.4) is 0 Å². The van der Waals surface area contributed by atoms with Gasteiger partial charge in [0.25, 0.3) is 5.56 Å². The van der Waals surface area contributed by atoms with Gasteiger partial charge < -0.3 is 0 Å². The molecule has 0 spiro atoms. The molecule has 0 bridgehead atoms. The minimum atomic E-state index is -0.0379. The Balaban J connectivity index is 2.46. The molecular weight excluding hydrogens is 200 g/mol. The van der Waals surface area contributed by atoms with E-state index in [-0.39, 0.29) is 5.56 Å². The zero-order valence-electron chi connectivity index (χ0n) is 9.66. The van der Waals surface area contributed by atoms with Crippen molar-refractivity contribution in [2.45, 2.75) is 26.8 Å². The Bertz CT molecular complexity index is 520. The van der Waals surface area contributed by atoms with Crippen LogP contribution in [0, 0.1) is 6.92 Å². The first-order valence-electron chi connectivity index (χ1n) is 5.57. The highest BCUT2D eigenvalue weighted by Gasteiger charge is 2.05. The maximum atomic E-state index is 11.3. The van der Waals surface area contributed by atoms with Crippen molar-refractivity contribution in [3.05, 3.63) is 46.2 Å². The van der Waals surface area contributed by atoms with Crippen LogP contribution < -0.4 is 5.56 Å². The van der Waals surface area contributed by atoms with Gasteiger partial charge in [-0.15, -0.1) is 0 Å². The van der Waals surface area contributed by atoms with Crippen molar-refractivity contribution >= 4 is 0 Å². The SMILES string of the molecule is CCCn1[nH]c(=O)cc1-c1ccc(C)cc1. The van der Waals surface area contributed by atoms with Crippen molar-refractivity contribution in [1.82, 2.24) is 9.78 Å². The molecule has 2 rings (SSSR count). The van der Waals surface area contributed by atoms with Gasteiger partial charge in [0.1, 0.15) is 0 Å². The minimum Gasteiger partial charge on any atom is -0.285 e. The molecule has 0 aliphatic heterocycles. The predicted octanol–water partition coefficient (Wildman–Crippen LogP) is 2.56. The van der Waals surface area contributed by atoms with Gasteiger partial charge in [0, 0.05) is 12.6 Å². The monoisotopic (exact) mass is 216 g/mol. The van der Waals surface area contributed by atoms with Gasteiger partial charge in [-0.3, -0.25) is 14.6 Å². The Morgan fingerprint density at radius 2 is 1.94 bits per heavy atom. The zero-order valence-corrected chi connectivity index (χ0v) is 9.66. The van der Waals surface area contributed by atoms with Crippen molar-refractivity contribution < 1.29 is 0 Å². The van der Waals surface area contributed by atoms with E-state index in [0.717, 1.165) is 24.2 Å². The van der Waals surface area contributed by atoms with E-state index < -0.39 is 0 Å². The second-order valence-electron chi connectivity index (χ2n) is 4.02. The van der Waals surface area contributed by atoms with Gasteiger partial charge in [0.2, 0.25) is 0 Å². The Kier molecular flexibility index (Phi) is 2.95. The van der Waals surface area contributed by atoms with E-state index in [4.69, 9.17) is 0 Å². The molecule has 1 aromatic carbocycles. The highest BCUT2D eigenvalue weighted by Crippen LogP contribution is 2.18.